The Kier molecular flexibility index (Phi) is 6.07. The number of fused-ring (bicyclic) bond motifs is 4. The standard InChI is InChI=1S/C25H26BrN5O3/c26-18-3-4-21-22(15-18)30-9-6-19(7-10-30)32-12-1-2-20-16-31(11-13-33-20)23-14-17(5-8-27-23)24-28-29-25(21)34-24/h1-5,8,14-15,19-20H,6-7,9-13,16H2/b2-1+. The summed E-state index contributed by atoms with van der Waals surface area (Å²) in [6, 6.07) is 10.1. The Labute approximate surface area is 206 Å². The van der Waals surface area contributed by atoms with E-state index in [2.05, 4.69) is 59.1 Å². The lowest BCUT2D eigenvalue weighted by Gasteiger charge is -2.34. The van der Waals surface area contributed by atoms with Crippen molar-refractivity contribution in [2.24, 2.45) is 0 Å². The Morgan fingerprint density at radius 1 is 0.941 bits per heavy atom. The summed E-state index contributed by atoms with van der Waals surface area (Å²) in [5, 5.41) is 8.78. The fourth-order valence-corrected chi connectivity index (χ4v) is 5.13. The van der Waals surface area contributed by atoms with Crippen LogP contribution in [0, 0.1) is 0 Å². The fourth-order valence-electron chi connectivity index (χ4n) is 4.78. The molecule has 4 aliphatic heterocycles. The Morgan fingerprint density at radius 2 is 1.82 bits per heavy atom. The second kappa shape index (κ2) is 9.48. The molecule has 3 aromatic rings. The number of pyridine rings is 1. The Bertz CT molecular complexity index is 1190. The minimum Gasteiger partial charge on any atom is -0.416 e. The van der Waals surface area contributed by atoms with Crippen LogP contribution in [-0.2, 0) is 9.47 Å². The Morgan fingerprint density at radius 3 is 2.74 bits per heavy atom. The summed E-state index contributed by atoms with van der Waals surface area (Å²) >= 11 is 3.63. The molecule has 4 aliphatic rings. The van der Waals surface area contributed by atoms with Gasteiger partial charge in [0.1, 0.15) is 5.82 Å². The van der Waals surface area contributed by atoms with Gasteiger partial charge in [0.15, 0.2) is 0 Å². The molecule has 2 aromatic heterocycles. The smallest absolute Gasteiger partial charge is 0.250 e. The van der Waals surface area contributed by atoms with Crippen molar-refractivity contribution in [2.45, 2.75) is 25.0 Å². The molecule has 0 spiro atoms. The zero-order chi connectivity index (χ0) is 22.9. The molecule has 34 heavy (non-hydrogen) atoms. The largest absolute Gasteiger partial charge is 0.416 e. The number of aromatic nitrogens is 3. The lowest BCUT2D eigenvalue weighted by molar-refractivity contribution is 0.0528. The first-order valence-electron chi connectivity index (χ1n) is 11.7. The zero-order valence-corrected chi connectivity index (χ0v) is 20.4. The summed E-state index contributed by atoms with van der Waals surface area (Å²) in [4.78, 5) is 9.20. The van der Waals surface area contributed by atoms with Gasteiger partial charge >= 0.3 is 0 Å². The monoisotopic (exact) mass is 523 g/mol. The number of hydrogen-bond acceptors (Lipinski definition) is 8. The molecule has 7 rings (SSSR count). The minimum absolute atomic E-state index is 0.00897. The van der Waals surface area contributed by atoms with Gasteiger partial charge in [0, 0.05) is 42.4 Å². The highest BCUT2D eigenvalue weighted by Gasteiger charge is 2.25. The van der Waals surface area contributed by atoms with Gasteiger partial charge in [-0.15, -0.1) is 10.2 Å². The van der Waals surface area contributed by atoms with E-state index in [0.29, 0.717) is 25.0 Å². The van der Waals surface area contributed by atoms with E-state index in [0.717, 1.165) is 66.1 Å². The minimum atomic E-state index is 0.00897. The zero-order valence-electron chi connectivity index (χ0n) is 18.8. The number of ether oxygens (including phenoxy) is 2. The summed E-state index contributed by atoms with van der Waals surface area (Å²) < 4.78 is 19.3. The first-order chi connectivity index (χ1) is 16.7. The highest BCUT2D eigenvalue weighted by molar-refractivity contribution is 9.10. The molecule has 0 N–H and O–H groups in total. The van der Waals surface area contributed by atoms with Gasteiger partial charge in [-0.3, -0.25) is 0 Å². The molecule has 2 saturated heterocycles. The normalized spacial score (nSPS) is 23.6. The third kappa shape index (κ3) is 4.47. The highest BCUT2D eigenvalue weighted by atomic mass is 79.9. The van der Waals surface area contributed by atoms with E-state index in [4.69, 9.17) is 13.9 Å². The van der Waals surface area contributed by atoms with E-state index >= 15 is 0 Å². The summed E-state index contributed by atoms with van der Waals surface area (Å²) in [5.74, 6) is 1.88. The van der Waals surface area contributed by atoms with Crippen molar-refractivity contribution < 1.29 is 13.9 Å². The van der Waals surface area contributed by atoms with Gasteiger partial charge in [0.25, 0.3) is 0 Å². The topological polar surface area (TPSA) is 76.8 Å². The van der Waals surface area contributed by atoms with Gasteiger partial charge < -0.3 is 23.7 Å². The average Bonchev–Trinajstić information content (AvgIpc) is 3.37. The maximum atomic E-state index is 6.19. The predicted molar refractivity (Wildman–Crippen MR) is 133 cm³/mol. The number of hydrogen-bond donors (Lipinski definition) is 0. The van der Waals surface area contributed by atoms with Crippen LogP contribution in [0.2, 0.25) is 0 Å². The van der Waals surface area contributed by atoms with E-state index in [9.17, 15) is 0 Å². The van der Waals surface area contributed by atoms with Crippen LogP contribution in [0.4, 0.5) is 11.5 Å². The van der Waals surface area contributed by atoms with Gasteiger partial charge in [-0.25, -0.2) is 4.98 Å². The van der Waals surface area contributed by atoms with Crippen LogP contribution in [0.5, 0.6) is 0 Å². The van der Waals surface area contributed by atoms with Crippen LogP contribution in [-0.4, -0.2) is 66.8 Å². The van der Waals surface area contributed by atoms with Gasteiger partial charge in [-0.1, -0.05) is 28.1 Å². The highest BCUT2D eigenvalue weighted by Crippen LogP contribution is 2.36. The number of morpholine rings is 1. The Hall–Kier alpha value is -2.75. The quantitative estimate of drug-likeness (QED) is 0.403. The average molecular weight is 524 g/mol. The molecule has 0 amide bonds. The molecule has 1 unspecified atom stereocenters. The molecule has 8 nitrogen and oxygen atoms in total. The van der Waals surface area contributed by atoms with Crippen molar-refractivity contribution >= 4 is 27.4 Å². The molecule has 0 radical (unpaired) electrons. The fraction of sp³-hybridized carbons (Fsp3) is 0.400. The third-order valence-corrected chi connectivity index (χ3v) is 7.08. The second-order valence-electron chi connectivity index (χ2n) is 8.78. The molecule has 1 aromatic carbocycles. The van der Waals surface area contributed by atoms with E-state index in [1.54, 1.807) is 6.20 Å². The summed E-state index contributed by atoms with van der Waals surface area (Å²) in [6.45, 7) is 4.60. The maximum absolute atomic E-state index is 6.19. The number of nitrogens with zero attached hydrogens (tertiary/aromatic N) is 5. The number of rotatable bonds is 0. The molecule has 176 valence electrons. The molecule has 6 heterocycles. The van der Waals surface area contributed by atoms with Gasteiger partial charge in [-0.2, -0.15) is 0 Å². The third-order valence-electron chi connectivity index (χ3n) is 6.59. The molecular weight excluding hydrogens is 498 g/mol. The molecule has 1 atom stereocenters. The molecule has 0 aliphatic carbocycles. The molecule has 2 fully saturated rings. The lowest BCUT2D eigenvalue weighted by atomic mass is 10.0. The van der Waals surface area contributed by atoms with Crippen molar-refractivity contribution in [3.8, 4) is 22.9 Å². The van der Waals surface area contributed by atoms with E-state index in [1.165, 1.54) is 0 Å². The van der Waals surface area contributed by atoms with Gasteiger partial charge in [0.05, 0.1) is 36.7 Å². The first kappa shape index (κ1) is 21.8. The van der Waals surface area contributed by atoms with Crippen LogP contribution in [0.1, 0.15) is 12.8 Å². The second-order valence-corrected chi connectivity index (χ2v) is 9.70. The van der Waals surface area contributed by atoms with Crippen LogP contribution in [0.15, 0.2) is 57.6 Å². The molecule has 0 saturated carbocycles. The van der Waals surface area contributed by atoms with E-state index < -0.39 is 0 Å². The lowest BCUT2D eigenvalue weighted by Crippen LogP contribution is -2.42. The molecular formula is C25H26BrN5O3. The summed E-state index contributed by atoms with van der Waals surface area (Å²) in [6.07, 6.45) is 8.20. The molecule has 9 heteroatoms. The maximum Gasteiger partial charge on any atom is 0.250 e. The van der Waals surface area contributed by atoms with Gasteiger partial charge in [0.2, 0.25) is 11.8 Å². The number of piperidine rings is 1. The van der Waals surface area contributed by atoms with Crippen LogP contribution in [0.3, 0.4) is 0 Å². The summed E-state index contributed by atoms with van der Waals surface area (Å²) in [7, 11) is 0. The number of benzene rings is 1. The van der Waals surface area contributed by atoms with Crippen molar-refractivity contribution in [3.05, 3.63) is 53.2 Å². The number of halogens is 1. The van der Waals surface area contributed by atoms with Crippen LogP contribution >= 0.6 is 15.9 Å². The first-order valence-corrected chi connectivity index (χ1v) is 12.5. The van der Waals surface area contributed by atoms with Crippen LogP contribution < -0.4 is 9.80 Å². The molecule has 8 bridgehead atoms. The SMILES string of the molecule is Brc1ccc2c(c1)N1CCC(CC1)OC/C=C/C1CN(CCO1)c1cc(ccn1)-c1nnc-2o1. The summed E-state index contributed by atoms with van der Waals surface area (Å²) in [5.41, 5.74) is 2.88. The van der Waals surface area contributed by atoms with E-state index in [1.807, 2.05) is 24.3 Å². The van der Waals surface area contributed by atoms with Crippen molar-refractivity contribution in [1.82, 2.24) is 15.2 Å². The predicted octanol–water partition coefficient (Wildman–Crippen LogP) is 4.32. The van der Waals surface area contributed by atoms with Crippen molar-refractivity contribution in [2.75, 3.05) is 49.2 Å². The van der Waals surface area contributed by atoms with Crippen molar-refractivity contribution in [3.63, 3.8) is 0 Å². The van der Waals surface area contributed by atoms with E-state index in [-0.39, 0.29) is 12.2 Å². The van der Waals surface area contributed by atoms with Gasteiger partial charge in [-0.05, 0) is 43.2 Å². The van der Waals surface area contributed by atoms with Crippen molar-refractivity contribution in [1.29, 1.82) is 0 Å². The number of anilines is 2. The Balaban J connectivity index is 1.39. The van der Waals surface area contributed by atoms with Crippen LogP contribution in [0.25, 0.3) is 22.9 Å².